The highest BCUT2D eigenvalue weighted by Crippen LogP contribution is 2.28. The van der Waals surface area contributed by atoms with Gasteiger partial charge < -0.3 is 5.32 Å². The number of nitrogens with zero attached hydrogens (tertiary/aromatic N) is 2. The van der Waals surface area contributed by atoms with Gasteiger partial charge in [0.1, 0.15) is 0 Å². The monoisotopic (exact) mass is 328 g/mol. The van der Waals surface area contributed by atoms with Gasteiger partial charge in [-0.3, -0.25) is 5.32 Å². The van der Waals surface area contributed by atoms with Crippen LogP contribution < -0.4 is 10.6 Å². The summed E-state index contributed by atoms with van der Waals surface area (Å²) in [6.07, 6.45) is 0. The summed E-state index contributed by atoms with van der Waals surface area (Å²) < 4.78 is 0.832. The molecule has 1 aromatic carbocycles. The molecule has 0 radical (unpaired) electrons. The fourth-order valence-corrected chi connectivity index (χ4v) is 3.50. The summed E-state index contributed by atoms with van der Waals surface area (Å²) >= 11 is 8.80. The van der Waals surface area contributed by atoms with Gasteiger partial charge in [-0.15, -0.1) is 10.2 Å². The molecule has 2 N–H and O–H groups in total. The number of nitrogens with one attached hydrogen (secondary N) is 2. The van der Waals surface area contributed by atoms with Gasteiger partial charge in [0.25, 0.3) is 0 Å². The molecule has 0 unspecified atom stereocenters. The fraction of sp³-hybridized carbons (Fsp3) is 0.250. The first-order valence-corrected chi connectivity index (χ1v) is 7.94. The topological polar surface area (TPSA) is 66.9 Å². The summed E-state index contributed by atoms with van der Waals surface area (Å²) in [4.78, 5) is 11.8. The lowest BCUT2D eigenvalue weighted by Gasteiger charge is -2.04. The van der Waals surface area contributed by atoms with Crippen LogP contribution >= 0.6 is 34.7 Å². The molecule has 0 aliphatic rings. The van der Waals surface area contributed by atoms with Gasteiger partial charge in [0, 0.05) is 16.0 Å². The minimum Gasteiger partial charge on any atom is -0.308 e. The lowest BCUT2D eigenvalue weighted by molar-refractivity contribution is 0.262. The molecule has 0 spiro atoms. The number of urea groups is 1. The van der Waals surface area contributed by atoms with Crippen LogP contribution in [0.25, 0.3) is 0 Å². The molecule has 0 aliphatic heterocycles. The largest absolute Gasteiger partial charge is 0.325 e. The van der Waals surface area contributed by atoms with Gasteiger partial charge in [0.05, 0.1) is 0 Å². The van der Waals surface area contributed by atoms with E-state index in [-0.39, 0.29) is 6.03 Å². The van der Waals surface area contributed by atoms with Crippen molar-refractivity contribution in [3.05, 3.63) is 29.3 Å². The van der Waals surface area contributed by atoms with E-state index < -0.39 is 0 Å². The Bertz CT molecular complexity index is 603. The average molecular weight is 329 g/mol. The number of thioether (sulfide) groups is 1. The van der Waals surface area contributed by atoms with Crippen LogP contribution in [0.2, 0.25) is 5.02 Å². The standard InChI is InChI=1S/C12H13ClN4OS2/c1-7(2)19-12-17-16-11(20-12)15-10(18)14-9-5-3-4-8(13)6-9/h3-7H,1-2H3,(H2,14,15,16,18). The molecule has 0 saturated carbocycles. The Morgan fingerprint density at radius 2 is 2.15 bits per heavy atom. The number of halogens is 1. The Morgan fingerprint density at radius 1 is 1.35 bits per heavy atom. The first-order chi connectivity index (χ1) is 9.52. The summed E-state index contributed by atoms with van der Waals surface area (Å²) in [7, 11) is 0. The van der Waals surface area contributed by atoms with E-state index in [4.69, 9.17) is 11.6 Å². The smallest absolute Gasteiger partial charge is 0.308 e. The van der Waals surface area contributed by atoms with Crippen LogP contribution in [0.5, 0.6) is 0 Å². The molecule has 0 saturated heterocycles. The molecule has 0 aliphatic carbocycles. The van der Waals surface area contributed by atoms with Gasteiger partial charge >= 0.3 is 6.03 Å². The van der Waals surface area contributed by atoms with Crippen molar-refractivity contribution in [3.8, 4) is 0 Å². The van der Waals surface area contributed by atoms with Gasteiger partial charge in [-0.25, -0.2) is 4.79 Å². The van der Waals surface area contributed by atoms with Gasteiger partial charge in [-0.05, 0) is 18.2 Å². The summed E-state index contributed by atoms with van der Waals surface area (Å²) in [5.41, 5.74) is 0.622. The number of aromatic nitrogens is 2. The van der Waals surface area contributed by atoms with Crippen LogP contribution in [-0.4, -0.2) is 21.5 Å². The van der Waals surface area contributed by atoms with Crippen LogP contribution in [0.4, 0.5) is 15.6 Å². The molecule has 0 fully saturated rings. The second-order valence-electron chi connectivity index (χ2n) is 4.13. The molecule has 2 aromatic rings. The van der Waals surface area contributed by atoms with Crippen molar-refractivity contribution < 1.29 is 4.79 Å². The highest BCUT2D eigenvalue weighted by molar-refractivity contribution is 8.01. The third-order valence-electron chi connectivity index (χ3n) is 2.05. The van der Waals surface area contributed by atoms with E-state index in [1.54, 1.807) is 36.0 Å². The molecule has 2 rings (SSSR count). The minimum absolute atomic E-state index is 0.371. The van der Waals surface area contributed by atoms with Gasteiger partial charge in [-0.1, -0.05) is 54.6 Å². The molecule has 2 amide bonds. The highest BCUT2D eigenvalue weighted by Gasteiger charge is 2.09. The van der Waals surface area contributed by atoms with E-state index in [0.717, 1.165) is 4.34 Å². The van der Waals surface area contributed by atoms with Crippen molar-refractivity contribution in [1.82, 2.24) is 10.2 Å². The molecular weight excluding hydrogens is 316 g/mol. The van der Waals surface area contributed by atoms with Crippen LogP contribution in [0, 0.1) is 0 Å². The molecular formula is C12H13ClN4OS2. The summed E-state index contributed by atoms with van der Waals surface area (Å²) in [6, 6.07) is 6.56. The molecule has 106 valence electrons. The number of hydrogen-bond donors (Lipinski definition) is 2. The minimum atomic E-state index is -0.371. The third-order valence-corrected chi connectivity index (χ3v) is 4.21. The van der Waals surface area contributed by atoms with E-state index in [2.05, 4.69) is 34.7 Å². The highest BCUT2D eigenvalue weighted by atomic mass is 35.5. The van der Waals surface area contributed by atoms with Crippen LogP contribution in [0.1, 0.15) is 13.8 Å². The number of hydrogen-bond acceptors (Lipinski definition) is 5. The zero-order chi connectivity index (χ0) is 14.5. The summed E-state index contributed by atoms with van der Waals surface area (Å²) in [6.45, 7) is 4.15. The lowest BCUT2D eigenvalue weighted by Crippen LogP contribution is -2.19. The van der Waals surface area contributed by atoms with Crippen molar-refractivity contribution >= 4 is 51.5 Å². The van der Waals surface area contributed by atoms with Crippen LogP contribution in [0.3, 0.4) is 0 Å². The van der Waals surface area contributed by atoms with Crippen molar-refractivity contribution in [2.24, 2.45) is 0 Å². The normalized spacial score (nSPS) is 10.6. The van der Waals surface area contributed by atoms with Gasteiger partial charge in [0.2, 0.25) is 5.13 Å². The number of benzene rings is 1. The molecule has 1 aromatic heterocycles. The maximum Gasteiger partial charge on any atom is 0.325 e. The Morgan fingerprint density at radius 3 is 2.85 bits per heavy atom. The molecule has 5 nitrogen and oxygen atoms in total. The summed E-state index contributed by atoms with van der Waals surface area (Å²) in [5.74, 6) is 0. The van der Waals surface area contributed by atoms with Crippen molar-refractivity contribution in [1.29, 1.82) is 0 Å². The Kier molecular flexibility index (Phi) is 5.22. The second kappa shape index (κ2) is 6.92. The molecule has 1 heterocycles. The molecule has 8 heteroatoms. The van der Waals surface area contributed by atoms with Crippen molar-refractivity contribution in [2.45, 2.75) is 23.4 Å². The van der Waals surface area contributed by atoms with Gasteiger partial charge in [0.15, 0.2) is 4.34 Å². The Hall–Kier alpha value is -1.31. The fourth-order valence-electron chi connectivity index (χ4n) is 1.34. The molecule has 0 atom stereocenters. The zero-order valence-corrected chi connectivity index (χ0v) is 13.3. The number of anilines is 2. The predicted octanol–water partition coefficient (Wildman–Crippen LogP) is 4.34. The number of carbonyl (C=O) groups excluding carboxylic acids is 1. The van der Waals surface area contributed by atoms with E-state index in [1.807, 2.05) is 0 Å². The SMILES string of the molecule is CC(C)Sc1nnc(NC(=O)Nc2cccc(Cl)c2)s1. The first-order valence-electron chi connectivity index (χ1n) is 5.86. The Labute approximate surface area is 130 Å². The molecule has 20 heavy (non-hydrogen) atoms. The van der Waals surface area contributed by atoms with Gasteiger partial charge in [-0.2, -0.15) is 0 Å². The van der Waals surface area contributed by atoms with Crippen molar-refractivity contribution in [3.63, 3.8) is 0 Å². The average Bonchev–Trinajstić information content (AvgIpc) is 2.75. The quantitative estimate of drug-likeness (QED) is 0.647. The lowest BCUT2D eigenvalue weighted by atomic mass is 10.3. The predicted molar refractivity (Wildman–Crippen MR) is 85.0 cm³/mol. The third kappa shape index (κ3) is 4.66. The second-order valence-corrected chi connectivity index (χ2v) is 7.37. The van der Waals surface area contributed by atoms with Crippen LogP contribution in [-0.2, 0) is 0 Å². The number of rotatable bonds is 4. The first kappa shape index (κ1) is 15.1. The zero-order valence-electron chi connectivity index (χ0n) is 10.9. The Balaban J connectivity index is 1.93. The van der Waals surface area contributed by atoms with Crippen LogP contribution in [0.15, 0.2) is 28.6 Å². The maximum atomic E-state index is 11.8. The van der Waals surface area contributed by atoms with Crippen molar-refractivity contribution in [2.75, 3.05) is 10.6 Å². The number of carbonyl (C=O) groups is 1. The summed E-state index contributed by atoms with van der Waals surface area (Å²) in [5, 5.41) is 14.7. The van der Waals surface area contributed by atoms with E-state index in [9.17, 15) is 4.79 Å². The van der Waals surface area contributed by atoms with E-state index in [0.29, 0.717) is 21.1 Å². The maximum absolute atomic E-state index is 11.8. The van der Waals surface area contributed by atoms with E-state index in [1.165, 1.54) is 11.3 Å². The number of amides is 2. The molecule has 0 bridgehead atoms. The van der Waals surface area contributed by atoms with E-state index >= 15 is 0 Å².